The zero-order chi connectivity index (χ0) is 12.2. The van der Waals surface area contributed by atoms with Gasteiger partial charge >= 0.3 is 16.3 Å². The van der Waals surface area contributed by atoms with E-state index in [0.29, 0.717) is 12.8 Å². The molecule has 0 aliphatic carbocycles. The number of hydrogen-bond acceptors (Lipinski definition) is 5. The van der Waals surface area contributed by atoms with Gasteiger partial charge in [0.15, 0.2) is 0 Å². The first-order valence-corrected chi connectivity index (χ1v) is 6.36. The first kappa shape index (κ1) is 12.9. The number of piperidine rings is 1. The van der Waals surface area contributed by atoms with Crippen LogP contribution in [0.15, 0.2) is 0 Å². The summed E-state index contributed by atoms with van der Waals surface area (Å²) in [6.07, 6.45) is -0.172. The zero-order valence-electron chi connectivity index (χ0n) is 8.93. The topological polar surface area (TPSA) is 92.8 Å². The Kier molecular flexibility index (Phi) is 4.25. The molecule has 0 atom stereocenters. The predicted molar refractivity (Wildman–Crippen MR) is 54.9 cm³/mol. The van der Waals surface area contributed by atoms with Gasteiger partial charge in [0.05, 0.1) is 13.2 Å². The van der Waals surface area contributed by atoms with Gasteiger partial charge in [-0.3, -0.25) is 4.79 Å². The van der Waals surface area contributed by atoms with Gasteiger partial charge in [0.2, 0.25) is 0 Å². The Morgan fingerprint density at radius 1 is 1.56 bits per heavy atom. The van der Waals surface area contributed by atoms with Crippen LogP contribution in [0.1, 0.15) is 19.8 Å². The predicted octanol–water partition coefficient (Wildman–Crippen LogP) is -0.358. The molecular weight excluding hydrogens is 236 g/mol. The van der Waals surface area contributed by atoms with Crippen molar-refractivity contribution in [3.05, 3.63) is 0 Å². The van der Waals surface area contributed by atoms with E-state index >= 15 is 0 Å². The highest BCUT2D eigenvalue weighted by molar-refractivity contribution is 7.87. The van der Waals surface area contributed by atoms with E-state index in [1.54, 1.807) is 11.6 Å². The number of carbonyl (C=O) groups is 2. The average Bonchev–Trinajstić information content (AvgIpc) is 2.17. The standard InChI is InChI=1S/C8H14N2O5S/c1-2-15-8(12)9-16(13,14)10-5-3-4-7(11)6-10/h2-6H2,1H3,(H,9,12). The molecule has 0 spiro atoms. The summed E-state index contributed by atoms with van der Waals surface area (Å²) in [4.78, 5) is 22.0. The molecule has 1 aliphatic heterocycles. The minimum Gasteiger partial charge on any atom is -0.449 e. The first-order chi connectivity index (χ1) is 7.45. The molecule has 7 nitrogen and oxygen atoms in total. The normalized spacial score (nSPS) is 18.2. The van der Waals surface area contributed by atoms with Crippen molar-refractivity contribution in [1.82, 2.24) is 9.03 Å². The minimum atomic E-state index is -3.95. The van der Waals surface area contributed by atoms with Crippen LogP contribution in [0.3, 0.4) is 0 Å². The molecule has 0 aromatic heterocycles. The van der Waals surface area contributed by atoms with E-state index in [4.69, 9.17) is 0 Å². The fraction of sp³-hybridized carbons (Fsp3) is 0.750. The molecule has 16 heavy (non-hydrogen) atoms. The van der Waals surface area contributed by atoms with Crippen molar-refractivity contribution < 1.29 is 22.7 Å². The van der Waals surface area contributed by atoms with Gasteiger partial charge in [-0.15, -0.1) is 0 Å². The van der Waals surface area contributed by atoms with E-state index < -0.39 is 16.3 Å². The minimum absolute atomic E-state index is 0.0836. The molecule has 0 aromatic carbocycles. The van der Waals surface area contributed by atoms with Gasteiger partial charge in [0.1, 0.15) is 5.78 Å². The van der Waals surface area contributed by atoms with E-state index in [1.807, 2.05) is 0 Å². The van der Waals surface area contributed by atoms with Gasteiger partial charge in [-0.1, -0.05) is 0 Å². The molecule has 92 valence electrons. The molecule has 0 bridgehead atoms. The summed E-state index contributed by atoms with van der Waals surface area (Å²) in [5.41, 5.74) is 0. The maximum atomic E-state index is 11.6. The Morgan fingerprint density at radius 3 is 2.81 bits per heavy atom. The molecule has 1 N–H and O–H groups in total. The quantitative estimate of drug-likeness (QED) is 0.738. The van der Waals surface area contributed by atoms with Crippen LogP contribution in [-0.2, 0) is 19.7 Å². The summed E-state index contributed by atoms with van der Waals surface area (Å²) >= 11 is 0. The first-order valence-electron chi connectivity index (χ1n) is 4.92. The van der Waals surface area contributed by atoms with Gasteiger partial charge in [-0.25, -0.2) is 9.52 Å². The number of nitrogens with one attached hydrogen (secondary N) is 1. The third-order valence-corrected chi connectivity index (χ3v) is 3.46. The molecule has 0 unspecified atom stereocenters. The zero-order valence-corrected chi connectivity index (χ0v) is 9.75. The van der Waals surface area contributed by atoms with Crippen LogP contribution >= 0.6 is 0 Å². The molecule has 1 rings (SSSR count). The second kappa shape index (κ2) is 5.26. The lowest BCUT2D eigenvalue weighted by Gasteiger charge is -2.24. The largest absolute Gasteiger partial charge is 0.449 e. The molecule has 1 saturated heterocycles. The maximum Gasteiger partial charge on any atom is 0.421 e. The van der Waals surface area contributed by atoms with Gasteiger partial charge in [-0.2, -0.15) is 12.7 Å². The van der Waals surface area contributed by atoms with Crippen molar-refractivity contribution in [1.29, 1.82) is 0 Å². The Morgan fingerprint density at radius 2 is 2.25 bits per heavy atom. The smallest absolute Gasteiger partial charge is 0.421 e. The molecule has 0 radical (unpaired) electrons. The van der Waals surface area contributed by atoms with Crippen molar-refractivity contribution in [2.45, 2.75) is 19.8 Å². The third kappa shape index (κ3) is 3.46. The van der Waals surface area contributed by atoms with Crippen LogP contribution in [0.4, 0.5) is 4.79 Å². The van der Waals surface area contributed by atoms with Crippen LogP contribution in [0.5, 0.6) is 0 Å². The summed E-state index contributed by atoms with van der Waals surface area (Å²) in [6, 6.07) is 0. The van der Waals surface area contributed by atoms with E-state index in [-0.39, 0.29) is 25.5 Å². The van der Waals surface area contributed by atoms with Crippen LogP contribution in [0, 0.1) is 0 Å². The Labute approximate surface area is 93.9 Å². The van der Waals surface area contributed by atoms with E-state index in [9.17, 15) is 18.0 Å². The monoisotopic (exact) mass is 250 g/mol. The van der Waals surface area contributed by atoms with Crippen molar-refractivity contribution in [2.24, 2.45) is 0 Å². The van der Waals surface area contributed by atoms with Gasteiger partial charge < -0.3 is 4.74 Å². The lowest BCUT2D eigenvalue weighted by molar-refractivity contribution is -0.120. The van der Waals surface area contributed by atoms with E-state index in [1.165, 1.54) is 0 Å². The Balaban J connectivity index is 2.62. The molecule has 1 aliphatic rings. The van der Waals surface area contributed by atoms with Crippen molar-refractivity contribution in [2.75, 3.05) is 19.7 Å². The second-order valence-corrected chi connectivity index (χ2v) is 4.97. The maximum absolute atomic E-state index is 11.6. The van der Waals surface area contributed by atoms with Gasteiger partial charge in [0.25, 0.3) is 0 Å². The molecule has 1 amide bonds. The Hall–Kier alpha value is -1.15. The molecule has 1 fully saturated rings. The van der Waals surface area contributed by atoms with Crippen LogP contribution in [0.2, 0.25) is 0 Å². The second-order valence-electron chi connectivity index (χ2n) is 3.30. The van der Waals surface area contributed by atoms with Crippen molar-refractivity contribution >= 4 is 22.1 Å². The van der Waals surface area contributed by atoms with E-state index in [2.05, 4.69) is 4.74 Å². The molecule has 8 heteroatoms. The van der Waals surface area contributed by atoms with E-state index in [0.717, 1.165) is 4.31 Å². The SMILES string of the molecule is CCOC(=O)NS(=O)(=O)N1CCCC(=O)C1. The highest BCUT2D eigenvalue weighted by Gasteiger charge is 2.29. The number of rotatable bonds is 3. The molecular formula is C8H14N2O5S. The molecule has 0 aromatic rings. The van der Waals surface area contributed by atoms with Crippen molar-refractivity contribution in [3.63, 3.8) is 0 Å². The third-order valence-electron chi connectivity index (χ3n) is 2.04. The van der Waals surface area contributed by atoms with Gasteiger partial charge in [0, 0.05) is 13.0 Å². The van der Waals surface area contributed by atoms with Crippen LogP contribution in [-0.4, -0.2) is 44.3 Å². The fourth-order valence-corrected chi connectivity index (χ4v) is 2.43. The lowest BCUT2D eigenvalue weighted by atomic mass is 10.1. The number of hydrogen-bond donors (Lipinski definition) is 1. The number of ether oxygens (including phenoxy) is 1. The summed E-state index contributed by atoms with van der Waals surface area (Å²) < 4.78 is 30.3. The van der Waals surface area contributed by atoms with Crippen LogP contribution < -0.4 is 4.72 Å². The lowest BCUT2D eigenvalue weighted by Crippen LogP contribution is -2.48. The summed E-state index contributed by atoms with van der Waals surface area (Å²) in [5.74, 6) is -0.152. The summed E-state index contributed by atoms with van der Waals surface area (Å²) in [6.45, 7) is 1.70. The van der Waals surface area contributed by atoms with Crippen LogP contribution in [0.25, 0.3) is 0 Å². The highest BCUT2D eigenvalue weighted by Crippen LogP contribution is 2.09. The number of ketones is 1. The summed E-state index contributed by atoms with van der Waals surface area (Å²) in [5, 5.41) is 0. The van der Waals surface area contributed by atoms with Crippen molar-refractivity contribution in [3.8, 4) is 0 Å². The summed E-state index contributed by atoms with van der Waals surface area (Å²) in [7, 11) is -3.95. The molecule has 0 saturated carbocycles. The number of amides is 1. The molecule has 1 heterocycles. The highest BCUT2D eigenvalue weighted by atomic mass is 32.2. The number of carbonyl (C=O) groups excluding carboxylic acids is 2. The number of Topliss-reactive ketones (excluding diaryl/α,β-unsaturated/α-hetero) is 1. The number of nitrogens with zero attached hydrogens (tertiary/aromatic N) is 1. The fourth-order valence-electron chi connectivity index (χ4n) is 1.34. The Bertz CT molecular complexity index is 378. The van der Waals surface area contributed by atoms with Gasteiger partial charge in [-0.05, 0) is 13.3 Å². The average molecular weight is 250 g/mol.